The highest BCUT2D eigenvalue weighted by atomic mass is 32.2. The van der Waals surface area contributed by atoms with Gasteiger partial charge in [0.2, 0.25) is 10.0 Å². The second-order valence-corrected chi connectivity index (χ2v) is 7.46. The van der Waals surface area contributed by atoms with E-state index in [9.17, 15) is 8.42 Å². The molecule has 0 amide bonds. The Balaban J connectivity index is 1.70. The van der Waals surface area contributed by atoms with Crippen molar-refractivity contribution in [3.05, 3.63) is 66.2 Å². The first-order chi connectivity index (χ1) is 12.5. The molecule has 136 valence electrons. The average molecular weight is 372 g/mol. The van der Waals surface area contributed by atoms with Gasteiger partial charge >= 0.3 is 0 Å². The van der Waals surface area contributed by atoms with Crippen molar-refractivity contribution < 1.29 is 17.6 Å². The monoisotopic (exact) mass is 372 g/mol. The van der Waals surface area contributed by atoms with E-state index in [0.717, 1.165) is 11.3 Å². The molecule has 0 unspecified atom stereocenters. The zero-order valence-corrected chi connectivity index (χ0v) is 15.4. The van der Waals surface area contributed by atoms with Crippen LogP contribution in [0, 0.1) is 6.92 Å². The predicted molar refractivity (Wildman–Crippen MR) is 98.6 cm³/mol. The van der Waals surface area contributed by atoms with Crippen molar-refractivity contribution in [3.8, 4) is 17.0 Å². The Bertz CT molecular complexity index is 965. The quantitative estimate of drug-likeness (QED) is 0.689. The topological polar surface area (TPSA) is 81.4 Å². The number of methoxy groups -OCH3 is 1. The maximum atomic E-state index is 12.4. The Kier molecular flexibility index (Phi) is 5.39. The molecule has 1 heterocycles. The molecule has 0 aliphatic heterocycles. The third kappa shape index (κ3) is 4.12. The van der Waals surface area contributed by atoms with Crippen LogP contribution in [-0.4, -0.2) is 27.1 Å². The van der Waals surface area contributed by atoms with Gasteiger partial charge in [0.1, 0.15) is 17.2 Å². The van der Waals surface area contributed by atoms with Gasteiger partial charge in [-0.2, -0.15) is 0 Å². The summed E-state index contributed by atoms with van der Waals surface area (Å²) in [6.07, 6.45) is 0.403. The highest BCUT2D eigenvalue weighted by Crippen LogP contribution is 2.24. The molecular formula is C19H20N2O4S. The van der Waals surface area contributed by atoms with Crippen molar-refractivity contribution in [1.29, 1.82) is 0 Å². The molecule has 0 aliphatic carbocycles. The minimum Gasteiger partial charge on any atom is -0.497 e. The van der Waals surface area contributed by atoms with Crippen LogP contribution >= 0.6 is 0 Å². The summed E-state index contributed by atoms with van der Waals surface area (Å²) in [4.78, 5) is 4.61. The molecule has 0 radical (unpaired) electrons. The SMILES string of the molecule is COc1ccc(S(=O)(=O)NCCc2oc(C)nc2-c2ccccc2)cc1. The minimum absolute atomic E-state index is 0.190. The number of benzene rings is 2. The second-order valence-electron chi connectivity index (χ2n) is 5.69. The van der Waals surface area contributed by atoms with E-state index >= 15 is 0 Å². The summed E-state index contributed by atoms with van der Waals surface area (Å²) in [5.74, 6) is 1.82. The Labute approximate surface area is 152 Å². The van der Waals surface area contributed by atoms with Gasteiger partial charge in [-0.25, -0.2) is 18.1 Å². The number of sulfonamides is 1. The standard InChI is InChI=1S/C19H20N2O4S/c1-14-21-19(15-6-4-3-5-7-15)18(25-14)12-13-20-26(22,23)17-10-8-16(24-2)9-11-17/h3-11,20H,12-13H2,1-2H3. The third-order valence-corrected chi connectivity index (χ3v) is 5.34. The number of oxazole rings is 1. The molecule has 0 saturated carbocycles. The Morgan fingerprint density at radius 1 is 1.08 bits per heavy atom. The fraction of sp³-hybridized carbons (Fsp3) is 0.211. The van der Waals surface area contributed by atoms with E-state index in [2.05, 4.69) is 9.71 Å². The molecule has 7 heteroatoms. The fourth-order valence-corrected chi connectivity index (χ4v) is 3.63. The first kappa shape index (κ1) is 18.2. The van der Waals surface area contributed by atoms with E-state index in [1.165, 1.54) is 19.2 Å². The van der Waals surface area contributed by atoms with Crippen LogP contribution in [0.1, 0.15) is 11.7 Å². The van der Waals surface area contributed by atoms with Crippen LogP contribution in [0.4, 0.5) is 0 Å². The van der Waals surface area contributed by atoms with Crippen LogP contribution in [0.25, 0.3) is 11.3 Å². The molecule has 0 atom stereocenters. The molecule has 2 aromatic carbocycles. The van der Waals surface area contributed by atoms with E-state index < -0.39 is 10.0 Å². The molecule has 3 aromatic rings. The minimum atomic E-state index is -3.59. The van der Waals surface area contributed by atoms with E-state index in [1.807, 2.05) is 30.3 Å². The van der Waals surface area contributed by atoms with Crippen molar-refractivity contribution in [2.24, 2.45) is 0 Å². The Morgan fingerprint density at radius 2 is 1.77 bits per heavy atom. The number of aryl methyl sites for hydroxylation is 1. The zero-order valence-electron chi connectivity index (χ0n) is 14.6. The summed E-state index contributed by atoms with van der Waals surface area (Å²) in [6, 6.07) is 15.9. The summed E-state index contributed by atoms with van der Waals surface area (Å²) in [5.41, 5.74) is 1.68. The summed E-state index contributed by atoms with van der Waals surface area (Å²) in [6.45, 7) is 1.99. The highest BCUT2D eigenvalue weighted by molar-refractivity contribution is 7.89. The lowest BCUT2D eigenvalue weighted by molar-refractivity contribution is 0.414. The maximum absolute atomic E-state index is 12.4. The number of hydrogen-bond acceptors (Lipinski definition) is 5. The molecular weight excluding hydrogens is 352 g/mol. The van der Waals surface area contributed by atoms with Crippen LogP contribution in [0.5, 0.6) is 5.75 Å². The van der Waals surface area contributed by atoms with Gasteiger partial charge in [-0.15, -0.1) is 0 Å². The Hall–Kier alpha value is -2.64. The van der Waals surface area contributed by atoms with Gasteiger partial charge in [0.25, 0.3) is 0 Å². The highest BCUT2D eigenvalue weighted by Gasteiger charge is 2.16. The lowest BCUT2D eigenvalue weighted by atomic mass is 10.1. The van der Waals surface area contributed by atoms with Crippen LogP contribution in [-0.2, 0) is 16.4 Å². The zero-order chi connectivity index (χ0) is 18.6. The smallest absolute Gasteiger partial charge is 0.240 e. The van der Waals surface area contributed by atoms with E-state index in [-0.39, 0.29) is 11.4 Å². The number of rotatable bonds is 7. The van der Waals surface area contributed by atoms with Gasteiger partial charge in [-0.05, 0) is 24.3 Å². The van der Waals surface area contributed by atoms with Crippen molar-refractivity contribution >= 4 is 10.0 Å². The van der Waals surface area contributed by atoms with Crippen molar-refractivity contribution in [2.45, 2.75) is 18.2 Å². The summed E-state index contributed by atoms with van der Waals surface area (Å²) < 4.78 is 38.1. The first-order valence-electron chi connectivity index (χ1n) is 8.15. The lowest BCUT2D eigenvalue weighted by Gasteiger charge is -2.07. The van der Waals surface area contributed by atoms with Crippen LogP contribution in [0.3, 0.4) is 0 Å². The first-order valence-corrected chi connectivity index (χ1v) is 9.63. The van der Waals surface area contributed by atoms with Gasteiger partial charge in [0.15, 0.2) is 5.89 Å². The third-order valence-electron chi connectivity index (χ3n) is 3.87. The molecule has 0 bridgehead atoms. The normalized spacial score (nSPS) is 11.5. The van der Waals surface area contributed by atoms with E-state index in [4.69, 9.17) is 9.15 Å². The van der Waals surface area contributed by atoms with Gasteiger partial charge in [-0.1, -0.05) is 30.3 Å². The summed E-state index contributed by atoms with van der Waals surface area (Å²) >= 11 is 0. The Morgan fingerprint density at radius 3 is 2.42 bits per heavy atom. The summed E-state index contributed by atoms with van der Waals surface area (Å²) in [5, 5.41) is 0. The molecule has 0 saturated heterocycles. The molecule has 0 fully saturated rings. The van der Waals surface area contributed by atoms with Gasteiger partial charge in [0, 0.05) is 25.5 Å². The van der Waals surface area contributed by atoms with E-state index in [0.29, 0.717) is 23.8 Å². The van der Waals surface area contributed by atoms with Crippen molar-refractivity contribution in [1.82, 2.24) is 9.71 Å². The van der Waals surface area contributed by atoms with Crippen LogP contribution < -0.4 is 9.46 Å². The number of hydrogen-bond donors (Lipinski definition) is 1. The molecule has 0 spiro atoms. The molecule has 0 aliphatic rings. The largest absolute Gasteiger partial charge is 0.497 e. The van der Waals surface area contributed by atoms with Gasteiger partial charge in [0.05, 0.1) is 12.0 Å². The lowest BCUT2D eigenvalue weighted by Crippen LogP contribution is -2.26. The second kappa shape index (κ2) is 7.72. The van der Waals surface area contributed by atoms with Gasteiger partial charge in [-0.3, -0.25) is 0 Å². The van der Waals surface area contributed by atoms with E-state index in [1.54, 1.807) is 19.1 Å². The number of nitrogens with zero attached hydrogens (tertiary/aromatic N) is 1. The fourth-order valence-electron chi connectivity index (χ4n) is 2.60. The maximum Gasteiger partial charge on any atom is 0.240 e. The number of aromatic nitrogens is 1. The van der Waals surface area contributed by atoms with Crippen LogP contribution in [0.2, 0.25) is 0 Å². The van der Waals surface area contributed by atoms with Gasteiger partial charge < -0.3 is 9.15 Å². The molecule has 1 N–H and O–H groups in total. The molecule has 1 aromatic heterocycles. The average Bonchev–Trinajstić information content (AvgIpc) is 3.03. The molecule has 26 heavy (non-hydrogen) atoms. The predicted octanol–water partition coefficient (Wildman–Crippen LogP) is 3.18. The molecule has 6 nitrogen and oxygen atoms in total. The molecule has 3 rings (SSSR count). The summed E-state index contributed by atoms with van der Waals surface area (Å²) in [7, 11) is -2.06. The van der Waals surface area contributed by atoms with Crippen molar-refractivity contribution in [3.63, 3.8) is 0 Å². The number of nitrogens with one attached hydrogen (secondary N) is 1. The number of ether oxygens (including phenoxy) is 1. The van der Waals surface area contributed by atoms with Crippen LogP contribution in [0.15, 0.2) is 63.9 Å². The van der Waals surface area contributed by atoms with Crippen molar-refractivity contribution in [2.75, 3.05) is 13.7 Å².